The van der Waals surface area contributed by atoms with Crippen molar-refractivity contribution in [1.82, 2.24) is 19.7 Å². The van der Waals surface area contributed by atoms with Gasteiger partial charge in [0.05, 0.1) is 17.1 Å². The first-order valence-electron chi connectivity index (χ1n) is 10.0. The minimum atomic E-state index is 0.0945. The van der Waals surface area contributed by atoms with Gasteiger partial charge in [-0.25, -0.2) is 9.67 Å². The summed E-state index contributed by atoms with van der Waals surface area (Å²) in [6.07, 6.45) is 3.98. The maximum absolute atomic E-state index is 13.4. The molecule has 1 amide bonds. The third-order valence-electron chi connectivity index (χ3n) is 5.20. The van der Waals surface area contributed by atoms with E-state index in [1.54, 1.807) is 6.20 Å². The first kappa shape index (κ1) is 20.4. The van der Waals surface area contributed by atoms with Crippen molar-refractivity contribution in [1.29, 1.82) is 0 Å². The molecule has 0 saturated carbocycles. The molecule has 2 aromatic heterocycles. The Hall–Kier alpha value is -1.91. The lowest BCUT2D eigenvalue weighted by Gasteiger charge is -2.26. The SMILES string of the molecule is CCC(CC)CN(CC)C(=O)c1cc(C(C)C)nc2c1cnn2C(C)C. The van der Waals surface area contributed by atoms with Crippen molar-refractivity contribution in [3.63, 3.8) is 0 Å². The molecule has 0 aliphatic carbocycles. The topological polar surface area (TPSA) is 51.0 Å². The molecule has 5 heteroatoms. The predicted octanol–water partition coefficient (Wildman–Crippen LogP) is 5.03. The van der Waals surface area contributed by atoms with Crippen LogP contribution in [0.1, 0.15) is 89.3 Å². The van der Waals surface area contributed by atoms with E-state index in [1.807, 2.05) is 15.6 Å². The van der Waals surface area contributed by atoms with E-state index in [0.29, 0.717) is 12.5 Å². The van der Waals surface area contributed by atoms with Gasteiger partial charge in [0.2, 0.25) is 0 Å². The van der Waals surface area contributed by atoms with Gasteiger partial charge in [-0.2, -0.15) is 5.10 Å². The van der Waals surface area contributed by atoms with Gasteiger partial charge in [0, 0.05) is 24.8 Å². The van der Waals surface area contributed by atoms with Gasteiger partial charge < -0.3 is 4.90 Å². The standard InChI is InChI=1S/C21H34N4O/c1-8-16(9-2)13-24(10-3)21(26)17-11-19(14(4)5)23-20-18(17)12-22-25(20)15(6)7/h11-12,14-16H,8-10,13H2,1-7H3. The first-order valence-corrected chi connectivity index (χ1v) is 10.0. The quantitative estimate of drug-likeness (QED) is 0.665. The van der Waals surface area contributed by atoms with Crippen LogP contribution in [-0.4, -0.2) is 38.7 Å². The maximum atomic E-state index is 13.4. The third-order valence-corrected chi connectivity index (χ3v) is 5.20. The number of aromatic nitrogens is 3. The summed E-state index contributed by atoms with van der Waals surface area (Å²) in [6.45, 7) is 16.4. The Labute approximate surface area is 157 Å². The molecule has 0 aliphatic rings. The van der Waals surface area contributed by atoms with Crippen molar-refractivity contribution >= 4 is 16.9 Å². The number of pyridine rings is 1. The average molecular weight is 359 g/mol. The molecule has 0 atom stereocenters. The van der Waals surface area contributed by atoms with E-state index in [2.05, 4.69) is 53.6 Å². The summed E-state index contributed by atoms with van der Waals surface area (Å²) in [6, 6.07) is 2.18. The number of hydrogen-bond acceptors (Lipinski definition) is 3. The molecule has 144 valence electrons. The van der Waals surface area contributed by atoms with Gasteiger partial charge in [-0.05, 0) is 38.7 Å². The highest BCUT2D eigenvalue weighted by Gasteiger charge is 2.23. The second-order valence-electron chi connectivity index (χ2n) is 7.70. The molecule has 2 aromatic rings. The van der Waals surface area contributed by atoms with E-state index in [-0.39, 0.29) is 17.9 Å². The molecule has 0 fully saturated rings. The Morgan fingerprint density at radius 1 is 1.15 bits per heavy atom. The molecule has 0 aliphatic heterocycles. The molecular weight excluding hydrogens is 324 g/mol. The Kier molecular flexibility index (Phi) is 6.79. The van der Waals surface area contributed by atoms with Gasteiger partial charge in [-0.15, -0.1) is 0 Å². The summed E-state index contributed by atoms with van der Waals surface area (Å²) in [7, 11) is 0. The second kappa shape index (κ2) is 8.65. The van der Waals surface area contributed by atoms with Crippen molar-refractivity contribution in [2.75, 3.05) is 13.1 Å². The maximum Gasteiger partial charge on any atom is 0.254 e. The van der Waals surface area contributed by atoms with E-state index < -0.39 is 0 Å². The van der Waals surface area contributed by atoms with Gasteiger partial charge >= 0.3 is 0 Å². The molecule has 0 saturated heterocycles. The van der Waals surface area contributed by atoms with Gasteiger partial charge in [-0.1, -0.05) is 40.5 Å². The predicted molar refractivity (Wildman–Crippen MR) is 108 cm³/mol. The van der Waals surface area contributed by atoms with Gasteiger partial charge in [0.25, 0.3) is 5.91 Å². The van der Waals surface area contributed by atoms with Crippen LogP contribution in [0.5, 0.6) is 0 Å². The highest BCUT2D eigenvalue weighted by atomic mass is 16.2. The van der Waals surface area contributed by atoms with E-state index in [0.717, 1.165) is 41.7 Å². The van der Waals surface area contributed by atoms with Crippen molar-refractivity contribution < 1.29 is 4.79 Å². The van der Waals surface area contributed by atoms with Crippen molar-refractivity contribution in [3.8, 4) is 0 Å². The van der Waals surface area contributed by atoms with Gasteiger partial charge in [0.15, 0.2) is 5.65 Å². The lowest BCUT2D eigenvalue weighted by molar-refractivity contribution is 0.0736. The molecule has 26 heavy (non-hydrogen) atoms. The number of nitrogens with zero attached hydrogens (tertiary/aromatic N) is 4. The van der Waals surface area contributed by atoms with Crippen LogP contribution in [0, 0.1) is 5.92 Å². The van der Waals surface area contributed by atoms with Crippen molar-refractivity contribution in [2.24, 2.45) is 5.92 Å². The fourth-order valence-electron chi connectivity index (χ4n) is 3.27. The van der Waals surface area contributed by atoms with E-state index in [1.165, 1.54) is 0 Å². The first-order chi connectivity index (χ1) is 12.3. The fourth-order valence-corrected chi connectivity index (χ4v) is 3.27. The smallest absolute Gasteiger partial charge is 0.254 e. The van der Waals surface area contributed by atoms with Crippen LogP contribution in [0.15, 0.2) is 12.3 Å². The summed E-state index contributed by atoms with van der Waals surface area (Å²) >= 11 is 0. The number of carbonyl (C=O) groups is 1. The molecule has 2 heterocycles. The lowest BCUT2D eigenvalue weighted by atomic mass is 10.0. The average Bonchev–Trinajstić information content (AvgIpc) is 3.05. The summed E-state index contributed by atoms with van der Waals surface area (Å²) in [5.74, 6) is 0.895. The van der Waals surface area contributed by atoms with Crippen molar-refractivity contribution in [2.45, 2.75) is 73.3 Å². The van der Waals surface area contributed by atoms with Gasteiger partial charge in [-0.3, -0.25) is 4.79 Å². The highest BCUT2D eigenvalue weighted by Crippen LogP contribution is 2.26. The molecule has 0 spiro atoms. The largest absolute Gasteiger partial charge is 0.339 e. The third kappa shape index (κ3) is 4.08. The minimum Gasteiger partial charge on any atom is -0.339 e. The zero-order valence-corrected chi connectivity index (χ0v) is 17.4. The van der Waals surface area contributed by atoms with Crippen molar-refractivity contribution in [3.05, 3.63) is 23.5 Å². The van der Waals surface area contributed by atoms with Crippen LogP contribution >= 0.6 is 0 Å². The van der Waals surface area contributed by atoms with Gasteiger partial charge in [0.1, 0.15) is 0 Å². The molecule has 0 bridgehead atoms. The second-order valence-corrected chi connectivity index (χ2v) is 7.70. The Morgan fingerprint density at radius 3 is 2.31 bits per heavy atom. The highest BCUT2D eigenvalue weighted by molar-refractivity contribution is 6.05. The molecule has 0 radical (unpaired) electrons. The van der Waals surface area contributed by atoms with E-state index in [9.17, 15) is 4.79 Å². The van der Waals surface area contributed by atoms with E-state index >= 15 is 0 Å². The Bertz CT molecular complexity index is 744. The zero-order valence-electron chi connectivity index (χ0n) is 17.4. The summed E-state index contributed by atoms with van der Waals surface area (Å²) in [5, 5.41) is 5.36. The number of rotatable bonds is 8. The monoisotopic (exact) mass is 358 g/mol. The van der Waals surface area contributed by atoms with Crippen LogP contribution in [0.4, 0.5) is 0 Å². The molecule has 2 rings (SSSR count). The molecular formula is C21H34N4O. The normalized spacial score (nSPS) is 11.9. The van der Waals surface area contributed by atoms with E-state index in [4.69, 9.17) is 4.98 Å². The minimum absolute atomic E-state index is 0.0945. The summed E-state index contributed by atoms with van der Waals surface area (Å²) in [4.78, 5) is 20.2. The molecule has 0 unspecified atom stereocenters. The number of fused-ring (bicyclic) bond motifs is 1. The number of hydrogen-bond donors (Lipinski definition) is 0. The van der Waals surface area contributed by atoms with Crippen LogP contribution < -0.4 is 0 Å². The number of amides is 1. The number of carbonyl (C=O) groups excluding carboxylic acids is 1. The zero-order chi connectivity index (χ0) is 19.4. The van der Waals surface area contributed by atoms with Crippen LogP contribution in [0.2, 0.25) is 0 Å². The Morgan fingerprint density at radius 2 is 1.81 bits per heavy atom. The summed E-state index contributed by atoms with van der Waals surface area (Å²) in [5.41, 5.74) is 2.49. The fraction of sp³-hybridized carbons (Fsp3) is 0.667. The Balaban J connectivity index is 2.54. The summed E-state index contributed by atoms with van der Waals surface area (Å²) < 4.78 is 1.91. The lowest BCUT2D eigenvalue weighted by Crippen LogP contribution is -2.35. The van der Waals surface area contributed by atoms with Crippen LogP contribution in [0.25, 0.3) is 11.0 Å². The van der Waals surface area contributed by atoms with Crippen LogP contribution in [0.3, 0.4) is 0 Å². The molecule has 5 nitrogen and oxygen atoms in total. The van der Waals surface area contributed by atoms with Crippen LogP contribution in [-0.2, 0) is 0 Å². The molecule has 0 aromatic carbocycles. The molecule has 0 N–H and O–H groups in total.